The van der Waals surface area contributed by atoms with E-state index in [2.05, 4.69) is 6.58 Å². The molecule has 6 heteroatoms. The minimum atomic E-state index is -0.834. The van der Waals surface area contributed by atoms with E-state index in [1.54, 1.807) is 6.08 Å². The Bertz CT molecular complexity index is 523. The molecule has 1 saturated heterocycles. The van der Waals surface area contributed by atoms with E-state index in [0.717, 1.165) is 0 Å². The van der Waals surface area contributed by atoms with E-state index in [-0.39, 0.29) is 30.8 Å². The molecule has 2 aliphatic rings. The Balaban J connectivity index is 2.37. The monoisotopic (exact) mass is 324 g/mol. The van der Waals surface area contributed by atoms with Crippen molar-refractivity contribution in [2.24, 2.45) is 11.8 Å². The molecule has 0 bridgehead atoms. The molecule has 2 rings (SSSR count). The number of fused-ring (bicyclic) bond motifs is 1. The van der Waals surface area contributed by atoms with Gasteiger partial charge in [0.05, 0.1) is 18.6 Å². The van der Waals surface area contributed by atoms with Crippen molar-refractivity contribution in [2.75, 3.05) is 6.61 Å². The van der Waals surface area contributed by atoms with Gasteiger partial charge < -0.3 is 19.7 Å². The Morgan fingerprint density at radius 1 is 1.52 bits per heavy atom. The van der Waals surface area contributed by atoms with Gasteiger partial charge in [-0.1, -0.05) is 13.5 Å². The van der Waals surface area contributed by atoms with Crippen LogP contribution in [-0.2, 0) is 19.1 Å². The first kappa shape index (κ1) is 17.7. The van der Waals surface area contributed by atoms with E-state index in [0.29, 0.717) is 24.0 Å². The number of carbonyl (C=O) groups is 2. The molecular weight excluding hydrogens is 300 g/mol. The number of hydrogen-bond acceptors (Lipinski definition) is 6. The summed E-state index contributed by atoms with van der Waals surface area (Å²) in [5.74, 6) is -1.09. The highest BCUT2D eigenvalue weighted by atomic mass is 16.6. The molecule has 2 N–H and O–H groups in total. The third-order valence-corrected chi connectivity index (χ3v) is 4.68. The zero-order valence-electron chi connectivity index (χ0n) is 13.5. The molecule has 1 aliphatic carbocycles. The molecule has 0 aromatic heterocycles. The maximum Gasteiger partial charge on any atom is 0.309 e. The van der Waals surface area contributed by atoms with Crippen LogP contribution >= 0.6 is 0 Å². The van der Waals surface area contributed by atoms with Crippen molar-refractivity contribution in [3.63, 3.8) is 0 Å². The lowest BCUT2D eigenvalue weighted by Gasteiger charge is -2.27. The molecule has 0 saturated carbocycles. The average molecular weight is 324 g/mol. The summed E-state index contributed by atoms with van der Waals surface area (Å²) in [6, 6.07) is 0. The number of rotatable bonds is 2. The fourth-order valence-electron chi connectivity index (χ4n) is 3.20. The summed E-state index contributed by atoms with van der Waals surface area (Å²) in [5.41, 5.74) is 1.07. The Morgan fingerprint density at radius 2 is 2.22 bits per heavy atom. The van der Waals surface area contributed by atoms with Crippen LogP contribution in [0.3, 0.4) is 0 Å². The predicted octanol–water partition coefficient (Wildman–Crippen LogP) is 1.12. The lowest BCUT2D eigenvalue weighted by molar-refractivity contribution is -0.146. The van der Waals surface area contributed by atoms with Crippen molar-refractivity contribution in [3.05, 3.63) is 23.8 Å². The summed E-state index contributed by atoms with van der Waals surface area (Å²) >= 11 is 0. The molecule has 0 spiro atoms. The molecule has 0 amide bonds. The third kappa shape index (κ3) is 4.00. The second kappa shape index (κ2) is 7.27. The van der Waals surface area contributed by atoms with Crippen LogP contribution in [0.4, 0.5) is 0 Å². The van der Waals surface area contributed by atoms with Crippen molar-refractivity contribution >= 4 is 11.9 Å². The second-order valence-corrected chi connectivity index (χ2v) is 6.30. The topological polar surface area (TPSA) is 93.1 Å². The molecule has 0 aromatic carbocycles. The predicted molar refractivity (Wildman–Crippen MR) is 82.3 cm³/mol. The highest BCUT2D eigenvalue weighted by molar-refractivity contribution is 5.75. The number of aliphatic hydroxyl groups excluding tert-OH is 2. The molecule has 0 aromatic rings. The Kier molecular flexibility index (Phi) is 5.59. The summed E-state index contributed by atoms with van der Waals surface area (Å²) in [4.78, 5) is 23.2. The summed E-state index contributed by atoms with van der Waals surface area (Å²) < 4.78 is 10.6. The van der Waals surface area contributed by atoms with Gasteiger partial charge in [0.2, 0.25) is 0 Å². The van der Waals surface area contributed by atoms with Gasteiger partial charge in [0.1, 0.15) is 12.2 Å². The van der Waals surface area contributed by atoms with Crippen LogP contribution in [0.5, 0.6) is 0 Å². The van der Waals surface area contributed by atoms with Crippen LogP contribution in [0, 0.1) is 11.8 Å². The SMILES string of the molecule is C=C1CC[C@@H]2[C@@H](/C=C(/CO)[C@@H](OC(C)=O)C[C@H]1O)OC(=O)[C@@H]2C. The van der Waals surface area contributed by atoms with Gasteiger partial charge >= 0.3 is 11.9 Å². The maximum absolute atomic E-state index is 11.9. The van der Waals surface area contributed by atoms with Crippen molar-refractivity contribution in [3.8, 4) is 0 Å². The molecule has 6 nitrogen and oxygen atoms in total. The minimum absolute atomic E-state index is 0.0518. The molecule has 1 aliphatic heterocycles. The van der Waals surface area contributed by atoms with E-state index in [9.17, 15) is 19.8 Å². The van der Waals surface area contributed by atoms with E-state index >= 15 is 0 Å². The molecule has 1 heterocycles. The quantitative estimate of drug-likeness (QED) is 0.584. The highest BCUT2D eigenvalue weighted by Crippen LogP contribution is 2.36. The second-order valence-electron chi connectivity index (χ2n) is 6.30. The van der Waals surface area contributed by atoms with Gasteiger partial charge in [0.15, 0.2) is 0 Å². The minimum Gasteiger partial charge on any atom is -0.458 e. The van der Waals surface area contributed by atoms with E-state index in [1.807, 2.05) is 6.92 Å². The number of hydrogen-bond donors (Lipinski definition) is 2. The van der Waals surface area contributed by atoms with Gasteiger partial charge in [0, 0.05) is 19.3 Å². The van der Waals surface area contributed by atoms with Crippen molar-refractivity contribution in [1.29, 1.82) is 0 Å². The van der Waals surface area contributed by atoms with E-state index in [4.69, 9.17) is 9.47 Å². The fraction of sp³-hybridized carbons (Fsp3) is 0.647. The van der Waals surface area contributed by atoms with Gasteiger partial charge in [-0.05, 0) is 30.1 Å². The van der Waals surface area contributed by atoms with Crippen LogP contribution < -0.4 is 0 Å². The summed E-state index contributed by atoms with van der Waals surface area (Å²) in [7, 11) is 0. The smallest absolute Gasteiger partial charge is 0.309 e. The van der Waals surface area contributed by atoms with Gasteiger partial charge in [0.25, 0.3) is 0 Å². The van der Waals surface area contributed by atoms with Gasteiger partial charge in [-0.3, -0.25) is 9.59 Å². The largest absolute Gasteiger partial charge is 0.458 e. The zero-order chi connectivity index (χ0) is 17.1. The van der Waals surface area contributed by atoms with Crippen LogP contribution in [0.15, 0.2) is 23.8 Å². The number of carbonyl (C=O) groups excluding carboxylic acids is 2. The summed E-state index contributed by atoms with van der Waals surface area (Å²) in [6.07, 6.45) is 0.975. The van der Waals surface area contributed by atoms with Crippen LogP contribution in [0.2, 0.25) is 0 Å². The van der Waals surface area contributed by atoms with E-state index < -0.39 is 24.3 Å². The standard InChI is InChI=1S/C17H24O6/c1-9-4-5-13-10(2)17(21)23-16(13)6-12(8-18)15(7-14(9)20)22-11(3)19/h6,10,13-16,18,20H,1,4-5,7-8H2,2-3H3/b12-6-/t10-,13+,14-,15+,16-/m1/s1. The zero-order valence-corrected chi connectivity index (χ0v) is 13.5. The molecule has 1 fully saturated rings. The van der Waals surface area contributed by atoms with Gasteiger partial charge in [-0.15, -0.1) is 0 Å². The van der Waals surface area contributed by atoms with Gasteiger partial charge in [-0.2, -0.15) is 0 Å². The first-order valence-electron chi connectivity index (χ1n) is 7.88. The summed E-state index contributed by atoms with van der Waals surface area (Å²) in [6.45, 7) is 6.64. The van der Waals surface area contributed by atoms with Crippen LogP contribution in [0.25, 0.3) is 0 Å². The Morgan fingerprint density at radius 3 is 2.83 bits per heavy atom. The van der Waals surface area contributed by atoms with Gasteiger partial charge in [-0.25, -0.2) is 0 Å². The van der Waals surface area contributed by atoms with Crippen molar-refractivity contribution in [1.82, 2.24) is 0 Å². The highest BCUT2D eigenvalue weighted by Gasteiger charge is 2.41. The molecule has 23 heavy (non-hydrogen) atoms. The lowest BCUT2D eigenvalue weighted by atomic mass is 9.83. The number of aliphatic hydroxyl groups is 2. The normalized spacial score (nSPS) is 37.4. The van der Waals surface area contributed by atoms with Crippen LogP contribution in [-0.4, -0.2) is 47.1 Å². The fourth-order valence-corrected chi connectivity index (χ4v) is 3.20. The molecular formula is C17H24O6. The third-order valence-electron chi connectivity index (χ3n) is 4.68. The average Bonchev–Trinajstić information content (AvgIpc) is 2.75. The molecule has 0 radical (unpaired) electrons. The Labute approximate surface area is 135 Å². The van der Waals surface area contributed by atoms with Crippen LogP contribution in [0.1, 0.15) is 33.1 Å². The molecule has 5 atom stereocenters. The molecule has 0 unspecified atom stereocenters. The molecule has 128 valence electrons. The number of ether oxygens (including phenoxy) is 2. The first-order chi connectivity index (χ1) is 10.8. The van der Waals surface area contributed by atoms with E-state index in [1.165, 1.54) is 6.92 Å². The lowest BCUT2D eigenvalue weighted by Crippen LogP contribution is -2.30. The van der Waals surface area contributed by atoms with Crippen molar-refractivity contribution in [2.45, 2.75) is 51.4 Å². The first-order valence-corrected chi connectivity index (χ1v) is 7.88. The Hall–Kier alpha value is -1.66. The van der Waals surface area contributed by atoms with Crippen molar-refractivity contribution < 1.29 is 29.3 Å². The number of esters is 2. The maximum atomic E-state index is 11.9. The summed E-state index contributed by atoms with van der Waals surface area (Å²) in [5, 5.41) is 19.9.